The van der Waals surface area contributed by atoms with Crippen LogP contribution in [0.3, 0.4) is 0 Å². The SMILES string of the molecule is CC(N[C@@H](Cc1ccc(-c2cc(Cl)ccc2Cl)cc1)C(=O)Nc1nnn[nH]1)C(=O)OC(C)(C)C. The Balaban J connectivity index is 1.78. The Kier molecular flexibility index (Phi) is 8.24. The second kappa shape index (κ2) is 10.9. The average molecular weight is 505 g/mol. The zero-order chi connectivity index (χ0) is 24.9. The summed E-state index contributed by atoms with van der Waals surface area (Å²) in [4.78, 5) is 25.4. The number of aromatic amines is 1. The van der Waals surface area contributed by atoms with Gasteiger partial charge in [-0.2, -0.15) is 0 Å². The fourth-order valence-corrected chi connectivity index (χ4v) is 3.58. The summed E-state index contributed by atoms with van der Waals surface area (Å²) >= 11 is 12.4. The molecule has 0 aliphatic rings. The maximum atomic E-state index is 13.0. The van der Waals surface area contributed by atoms with E-state index in [-0.39, 0.29) is 5.95 Å². The van der Waals surface area contributed by atoms with Crippen LogP contribution in [0.1, 0.15) is 33.3 Å². The number of tetrazole rings is 1. The topological polar surface area (TPSA) is 122 Å². The summed E-state index contributed by atoms with van der Waals surface area (Å²) in [5.41, 5.74) is 1.92. The first kappa shape index (κ1) is 25.6. The third-order valence-corrected chi connectivity index (χ3v) is 5.31. The Hall–Kier alpha value is -3.01. The second-order valence-corrected chi connectivity index (χ2v) is 9.58. The van der Waals surface area contributed by atoms with Gasteiger partial charge < -0.3 is 4.74 Å². The smallest absolute Gasteiger partial charge is 0.323 e. The monoisotopic (exact) mass is 504 g/mol. The van der Waals surface area contributed by atoms with Crippen molar-refractivity contribution >= 4 is 41.0 Å². The Labute approximate surface area is 207 Å². The molecule has 0 fully saturated rings. The summed E-state index contributed by atoms with van der Waals surface area (Å²) in [7, 11) is 0. The van der Waals surface area contributed by atoms with Crippen LogP contribution in [0.2, 0.25) is 10.0 Å². The van der Waals surface area contributed by atoms with Gasteiger partial charge in [-0.15, -0.1) is 0 Å². The average Bonchev–Trinajstić information content (AvgIpc) is 3.27. The number of H-pyrrole nitrogens is 1. The molecule has 0 saturated carbocycles. The van der Waals surface area contributed by atoms with Gasteiger partial charge in [0.2, 0.25) is 11.9 Å². The highest BCUT2D eigenvalue weighted by Crippen LogP contribution is 2.30. The first-order valence-corrected chi connectivity index (χ1v) is 11.4. The maximum Gasteiger partial charge on any atom is 0.323 e. The van der Waals surface area contributed by atoms with Crippen LogP contribution in [0.25, 0.3) is 11.1 Å². The molecule has 2 atom stereocenters. The summed E-state index contributed by atoms with van der Waals surface area (Å²) in [6.45, 7) is 7.00. The summed E-state index contributed by atoms with van der Waals surface area (Å²) in [5, 5.41) is 19.9. The summed E-state index contributed by atoms with van der Waals surface area (Å²) in [6.07, 6.45) is 0.296. The van der Waals surface area contributed by atoms with Crippen molar-refractivity contribution in [3.8, 4) is 11.1 Å². The van der Waals surface area contributed by atoms with E-state index in [2.05, 4.69) is 31.3 Å². The van der Waals surface area contributed by atoms with Gasteiger partial charge in [-0.25, -0.2) is 5.10 Å². The molecule has 1 aromatic heterocycles. The van der Waals surface area contributed by atoms with Crippen molar-refractivity contribution in [2.45, 2.75) is 51.8 Å². The van der Waals surface area contributed by atoms with Gasteiger partial charge in [0.1, 0.15) is 11.6 Å². The summed E-state index contributed by atoms with van der Waals surface area (Å²) < 4.78 is 5.43. The van der Waals surface area contributed by atoms with E-state index in [1.54, 1.807) is 45.9 Å². The number of amides is 1. The highest BCUT2D eigenvalue weighted by atomic mass is 35.5. The second-order valence-electron chi connectivity index (χ2n) is 8.74. The first-order chi connectivity index (χ1) is 16.0. The fraction of sp³-hybridized carbons (Fsp3) is 0.348. The Morgan fingerprint density at radius 2 is 1.82 bits per heavy atom. The largest absolute Gasteiger partial charge is 0.459 e. The molecule has 180 valence electrons. The Morgan fingerprint density at radius 3 is 2.44 bits per heavy atom. The number of halogens is 2. The fourth-order valence-electron chi connectivity index (χ4n) is 3.18. The number of nitrogens with zero attached hydrogens (tertiary/aromatic N) is 3. The molecule has 3 rings (SSSR count). The van der Waals surface area contributed by atoms with E-state index in [0.717, 1.165) is 16.7 Å². The lowest BCUT2D eigenvalue weighted by molar-refractivity contribution is -0.157. The summed E-state index contributed by atoms with van der Waals surface area (Å²) in [6, 6.07) is 11.4. The molecule has 0 radical (unpaired) electrons. The van der Waals surface area contributed by atoms with Gasteiger partial charge in [0.05, 0.1) is 6.04 Å². The van der Waals surface area contributed by atoms with Crippen molar-refractivity contribution in [1.82, 2.24) is 25.9 Å². The molecule has 1 heterocycles. The molecule has 9 nitrogen and oxygen atoms in total. The minimum Gasteiger partial charge on any atom is -0.459 e. The van der Waals surface area contributed by atoms with Crippen molar-refractivity contribution in [3.05, 3.63) is 58.1 Å². The molecule has 1 amide bonds. The Morgan fingerprint density at radius 1 is 1.12 bits per heavy atom. The molecule has 34 heavy (non-hydrogen) atoms. The van der Waals surface area contributed by atoms with E-state index in [1.807, 2.05) is 24.3 Å². The van der Waals surface area contributed by atoms with E-state index in [4.69, 9.17) is 27.9 Å². The van der Waals surface area contributed by atoms with Crippen molar-refractivity contribution in [3.63, 3.8) is 0 Å². The Bertz CT molecular complexity index is 1130. The van der Waals surface area contributed by atoms with Crippen LogP contribution in [-0.4, -0.2) is 50.2 Å². The molecule has 0 bridgehead atoms. The number of benzene rings is 2. The van der Waals surface area contributed by atoms with Gasteiger partial charge in [0.25, 0.3) is 0 Å². The van der Waals surface area contributed by atoms with Gasteiger partial charge in [-0.05, 0) is 73.9 Å². The van der Waals surface area contributed by atoms with E-state index >= 15 is 0 Å². The number of hydrogen-bond acceptors (Lipinski definition) is 7. The highest BCUT2D eigenvalue weighted by molar-refractivity contribution is 6.35. The van der Waals surface area contributed by atoms with Crippen molar-refractivity contribution in [1.29, 1.82) is 0 Å². The number of aromatic nitrogens is 4. The van der Waals surface area contributed by atoms with Gasteiger partial charge >= 0.3 is 5.97 Å². The molecule has 0 saturated heterocycles. The van der Waals surface area contributed by atoms with Gasteiger partial charge in [0.15, 0.2) is 0 Å². The standard InChI is InChI=1S/C23H26Cl2N6O3/c1-13(21(33)34-23(2,3)4)26-19(20(32)27-22-28-30-31-29-22)11-14-5-7-15(8-6-14)17-12-16(24)9-10-18(17)25/h5-10,12-13,19,26H,11H2,1-4H3,(H2,27,28,29,30,31,32)/t13?,19-/m0/s1. The number of nitrogens with one attached hydrogen (secondary N) is 3. The first-order valence-electron chi connectivity index (χ1n) is 10.6. The van der Waals surface area contributed by atoms with Gasteiger partial charge in [-0.3, -0.25) is 20.2 Å². The van der Waals surface area contributed by atoms with Crippen LogP contribution < -0.4 is 10.6 Å². The normalized spacial score (nSPS) is 13.2. The van der Waals surface area contributed by atoms with E-state index in [1.165, 1.54) is 0 Å². The zero-order valence-electron chi connectivity index (χ0n) is 19.2. The van der Waals surface area contributed by atoms with Crippen LogP contribution in [0.5, 0.6) is 0 Å². The number of anilines is 1. The molecular weight excluding hydrogens is 479 g/mol. The van der Waals surface area contributed by atoms with Crippen LogP contribution in [0.15, 0.2) is 42.5 Å². The van der Waals surface area contributed by atoms with Crippen LogP contribution >= 0.6 is 23.2 Å². The lowest BCUT2D eigenvalue weighted by Gasteiger charge is -2.25. The minimum atomic E-state index is -0.770. The van der Waals surface area contributed by atoms with Crippen molar-refractivity contribution in [2.24, 2.45) is 0 Å². The third-order valence-electron chi connectivity index (χ3n) is 4.75. The number of ether oxygens (including phenoxy) is 1. The lowest BCUT2D eigenvalue weighted by Crippen LogP contribution is -2.50. The molecule has 0 spiro atoms. The lowest BCUT2D eigenvalue weighted by atomic mass is 10.00. The third kappa shape index (κ3) is 7.24. The van der Waals surface area contributed by atoms with Crippen LogP contribution in [0.4, 0.5) is 5.95 Å². The number of carbonyl (C=O) groups is 2. The van der Waals surface area contributed by atoms with Gasteiger partial charge in [-0.1, -0.05) is 52.6 Å². The van der Waals surface area contributed by atoms with Crippen molar-refractivity contribution < 1.29 is 14.3 Å². The van der Waals surface area contributed by atoms with Gasteiger partial charge in [0, 0.05) is 15.6 Å². The maximum absolute atomic E-state index is 13.0. The number of rotatable bonds is 8. The van der Waals surface area contributed by atoms with Crippen molar-refractivity contribution in [2.75, 3.05) is 5.32 Å². The molecule has 11 heteroatoms. The minimum absolute atomic E-state index is 0.104. The van der Waals surface area contributed by atoms with Crippen LogP contribution in [-0.2, 0) is 20.7 Å². The zero-order valence-corrected chi connectivity index (χ0v) is 20.7. The van der Waals surface area contributed by atoms with E-state index < -0.39 is 29.6 Å². The molecule has 3 N–H and O–H groups in total. The molecule has 3 aromatic rings. The predicted octanol–water partition coefficient (Wildman–Crippen LogP) is 4.04. The highest BCUT2D eigenvalue weighted by Gasteiger charge is 2.28. The van der Waals surface area contributed by atoms with Crippen LogP contribution in [0, 0.1) is 0 Å². The molecule has 0 aliphatic heterocycles. The summed E-state index contributed by atoms with van der Waals surface area (Å²) in [5.74, 6) is -0.763. The number of esters is 1. The molecule has 0 aliphatic carbocycles. The molecule has 1 unspecified atom stereocenters. The quantitative estimate of drug-likeness (QED) is 0.395. The van der Waals surface area contributed by atoms with E-state index in [0.29, 0.717) is 16.5 Å². The molecule has 2 aromatic carbocycles. The number of hydrogen-bond donors (Lipinski definition) is 3. The molecular formula is C23H26Cl2N6O3. The van der Waals surface area contributed by atoms with E-state index in [9.17, 15) is 9.59 Å². The number of carbonyl (C=O) groups excluding carboxylic acids is 2. The predicted molar refractivity (Wildman–Crippen MR) is 131 cm³/mol.